The zero-order chi connectivity index (χ0) is 17.8. The van der Waals surface area contributed by atoms with Crippen molar-refractivity contribution in [1.82, 2.24) is 29.9 Å². The molecule has 1 aromatic carbocycles. The smallest absolute Gasteiger partial charge is 0.317 e. The average Bonchev–Trinajstić information content (AvgIpc) is 3.21. The molecule has 0 unspecified atom stereocenters. The van der Waals surface area contributed by atoms with Crippen LogP contribution >= 0.6 is 0 Å². The number of fused-ring (bicyclic) bond motifs is 1. The molecule has 7 heteroatoms. The van der Waals surface area contributed by atoms with Gasteiger partial charge in [0.2, 0.25) is 0 Å². The van der Waals surface area contributed by atoms with Crippen LogP contribution < -0.4 is 5.32 Å². The van der Waals surface area contributed by atoms with E-state index in [0.29, 0.717) is 19.1 Å². The number of hydrogen-bond donors (Lipinski definition) is 1. The van der Waals surface area contributed by atoms with E-state index in [4.69, 9.17) is 0 Å². The molecule has 0 radical (unpaired) electrons. The summed E-state index contributed by atoms with van der Waals surface area (Å²) in [4.78, 5) is 20.7. The highest BCUT2D eigenvalue weighted by atomic mass is 16.2. The zero-order valence-corrected chi connectivity index (χ0v) is 15.0. The largest absolute Gasteiger partial charge is 0.336 e. The summed E-state index contributed by atoms with van der Waals surface area (Å²) in [6, 6.07) is 9.44. The second-order valence-electron chi connectivity index (χ2n) is 7.08. The van der Waals surface area contributed by atoms with Gasteiger partial charge >= 0.3 is 6.03 Å². The molecule has 138 valence electrons. The quantitative estimate of drug-likeness (QED) is 0.895. The van der Waals surface area contributed by atoms with Crippen LogP contribution in [0.2, 0.25) is 0 Å². The van der Waals surface area contributed by atoms with Gasteiger partial charge in [-0.3, -0.25) is 9.58 Å². The summed E-state index contributed by atoms with van der Waals surface area (Å²) in [5.41, 5.74) is 3.01. The predicted molar refractivity (Wildman–Crippen MR) is 98.8 cm³/mol. The molecule has 26 heavy (non-hydrogen) atoms. The van der Waals surface area contributed by atoms with Crippen molar-refractivity contribution in [1.29, 1.82) is 0 Å². The normalized spacial score (nSPS) is 20.6. The molecule has 1 aromatic heterocycles. The molecular formula is C19H26N6O. The fourth-order valence-corrected chi connectivity index (χ4v) is 4.02. The van der Waals surface area contributed by atoms with E-state index in [1.54, 1.807) is 11.0 Å². The number of nitrogens with zero attached hydrogens (tertiary/aromatic N) is 5. The molecule has 1 saturated heterocycles. The van der Waals surface area contributed by atoms with Gasteiger partial charge in [0, 0.05) is 38.8 Å². The van der Waals surface area contributed by atoms with Crippen molar-refractivity contribution in [3.8, 4) is 0 Å². The van der Waals surface area contributed by atoms with Crippen molar-refractivity contribution < 1.29 is 4.79 Å². The first kappa shape index (κ1) is 17.0. The molecule has 2 aliphatic rings. The third-order valence-electron chi connectivity index (χ3n) is 5.52. The van der Waals surface area contributed by atoms with Crippen LogP contribution in [0.25, 0.3) is 0 Å². The highest BCUT2D eigenvalue weighted by Gasteiger charge is 2.28. The van der Waals surface area contributed by atoms with Gasteiger partial charge in [-0.2, -0.15) is 5.10 Å². The van der Waals surface area contributed by atoms with E-state index < -0.39 is 0 Å². The molecule has 7 nitrogen and oxygen atoms in total. The molecule has 2 heterocycles. The number of piperazine rings is 1. The fraction of sp³-hybridized carbons (Fsp3) is 0.526. The lowest BCUT2D eigenvalue weighted by Gasteiger charge is -2.41. The van der Waals surface area contributed by atoms with Gasteiger partial charge in [-0.25, -0.2) is 9.78 Å². The molecule has 0 spiro atoms. The molecule has 1 fully saturated rings. The van der Waals surface area contributed by atoms with Crippen LogP contribution in [0.4, 0.5) is 4.79 Å². The summed E-state index contributed by atoms with van der Waals surface area (Å²) in [6.45, 7) is 4.74. The van der Waals surface area contributed by atoms with Crippen molar-refractivity contribution in [2.45, 2.75) is 31.8 Å². The number of rotatable bonds is 4. The molecule has 0 saturated carbocycles. The van der Waals surface area contributed by atoms with E-state index in [1.165, 1.54) is 30.3 Å². The van der Waals surface area contributed by atoms with Crippen molar-refractivity contribution in [2.75, 3.05) is 32.7 Å². The number of amides is 2. The minimum Gasteiger partial charge on any atom is -0.336 e. The lowest BCUT2D eigenvalue weighted by Crippen LogP contribution is -2.55. The topological polar surface area (TPSA) is 66.3 Å². The molecule has 0 bridgehead atoms. The Balaban J connectivity index is 1.22. The van der Waals surface area contributed by atoms with Gasteiger partial charge in [0.05, 0.1) is 6.54 Å². The molecule has 1 atom stereocenters. The van der Waals surface area contributed by atoms with Crippen molar-refractivity contribution >= 4 is 6.03 Å². The maximum absolute atomic E-state index is 12.3. The first-order valence-corrected chi connectivity index (χ1v) is 9.45. The van der Waals surface area contributed by atoms with Crippen molar-refractivity contribution in [2.24, 2.45) is 0 Å². The maximum Gasteiger partial charge on any atom is 0.317 e. The lowest BCUT2D eigenvalue weighted by molar-refractivity contribution is 0.101. The molecule has 2 aromatic rings. The second-order valence-corrected chi connectivity index (χ2v) is 7.08. The van der Waals surface area contributed by atoms with Crippen molar-refractivity contribution in [3.05, 3.63) is 48.0 Å². The van der Waals surface area contributed by atoms with E-state index >= 15 is 0 Å². The molecule has 1 N–H and O–H groups in total. The van der Waals surface area contributed by atoms with Crippen LogP contribution in [0.5, 0.6) is 0 Å². The number of aryl methyl sites for hydroxylation is 1. The van der Waals surface area contributed by atoms with Gasteiger partial charge < -0.3 is 10.2 Å². The molecule has 4 rings (SSSR count). The Kier molecular flexibility index (Phi) is 5.15. The summed E-state index contributed by atoms with van der Waals surface area (Å²) in [7, 11) is 0. The summed E-state index contributed by atoms with van der Waals surface area (Å²) < 4.78 is 1.72. The maximum atomic E-state index is 12.3. The van der Waals surface area contributed by atoms with Crippen LogP contribution in [0, 0.1) is 0 Å². The van der Waals surface area contributed by atoms with Crippen LogP contribution in [-0.2, 0) is 19.4 Å². The van der Waals surface area contributed by atoms with Gasteiger partial charge in [-0.1, -0.05) is 24.3 Å². The number of carbonyl (C=O) groups excluding carboxylic acids is 1. The number of urea groups is 1. The zero-order valence-electron chi connectivity index (χ0n) is 15.0. The van der Waals surface area contributed by atoms with E-state index in [-0.39, 0.29) is 6.03 Å². The Morgan fingerprint density at radius 3 is 2.73 bits per heavy atom. The second kappa shape index (κ2) is 7.86. The molecule has 1 aliphatic carbocycles. The average molecular weight is 354 g/mol. The Morgan fingerprint density at radius 2 is 1.96 bits per heavy atom. The summed E-state index contributed by atoms with van der Waals surface area (Å²) >= 11 is 0. The van der Waals surface area contributed by atoms with Crippen LogP contribution in [0.15, 0.2) is 36.9 Å². The van der Waals surface area contributed by atoms with E-state index in [9.17, 15) is 4.79 Å². The van der Waals surface area contributed by atoms with E-state index in [2.05, 4.69) is 44.6 Å². The third-order valence-corrected chi connectivity index (χ3v) is 5.52. The van der Waals surface area contributed by atoms with Gasteiger partial charge in [-0.05, 0) is 30.4 Å². The Labute approximate surface area is 154 Å². The van der Waals surface area contributed by atoms with E-state index in [1.807, 2.05) is 4.90 Å². The van der Waals surface area contributed by atoms with Crippen LogP contribution in [0.3, 0.4) is 0 Å². The predicted octanol–water partition coefficient (Wildman–Crippen LogP) is 1.16. The SMILES string of the molecule is O=C(NCCn1cncn1)N1CCN([C@@H]2CCc3ccccc3C2)CC1. The number of carbonyl (C=O) groups is 1. The van der Waals surface area contributed by atoms with Gasteiger partial charge in [0.15, 0.2) is 0 Å². The molecular weight excluding hydrogens is 328 g/mol. The lowest BCUT2D eigenvalue weighted by atomic mass is 9.87. The highest BCUT2D eigenvalue weighted by Crippen LogP contribution is 2.25. The minimum atomic E-state index is 0.0266. The Hall–Kier alpha value is -2.41. The minimum absolute atomic E-state index is 0.0266. The third kappa shape index (κ3) is 3.88. The Bertz CT molecular complexity index is 723. The molecule has 1 aliphatic heterocycles. The standard InChI is InChI=1S/C19H26N6O/c26-19(21-7-8-25-15-20-14-22-25)24-11-9-23(10-12-24)18-6-5-16-3-1-2-4-17(16)13-18/h1-4,14-15,18H,5-13H2,(H,21,26)/t18-/m1/s1. The highest BCUT2D eigenvalue weighted by molar-refractivity contribution is 5.74. The van der Waals surface area contributed by atoms with Crippen molar-refractivity contribution in [3.63, 3.8) is 0 Å². The summed E-state index contributed by atoms with van der Waals surface area (Å²) in [5.74, 6) is 0. The number of aromatic nitrogens is 3. The number of hydrogen-bond acceptors (Lipinski definition) is 4. The van der Waals surface area contributed by atoms with Gasteiger partial charge in [0.1, 0.15) is 12.7 Å². The van der Waals surface area contributed by atoms with Gasteiger partial charge in [-0.15, -0.1) is 0 Å². The molecule has 2 amide bonds. The summed E-state index contributed by atoms with van der Waals surface area (Å²) in [6.07, 6.45) is 6.70. The first-order valence-electron chi connectivity index (χ1n) is 9.45. The van der Waals surface area contributed by atoms with Gasteiger partial charge in [0.25, 0.3) is 0 Å². The number of benzene rings is 1. The number of nitrogens with one attached hydrogen (secondary N) is 1. The van der Waals surface area contributed by atoms with Crippen LogP contribution in [0.1, 0.15) is 17.5 Å². The summed E-state index contributed by atoms with van der Waals surface area (Å²) in [5, 5.41) is 7.02. The van der Waals surface area contributed by atoms with E-state index in [0.717, 1.165) is 32.6 Å². The monoisotopic (exact) mass is 354 g/mol. The van der Waals surface area contributed by atoms with Crippen LogP contribution in [-0.4, -0.2) is 69.4 Å². The fourth-order valence-electron chi connectivity index (χ4n) is 4.02. The Morgan fingerprint density at radius 1 is 1.15 bits per heavy atom. The first-order chi connectivity index (χ1) is 12.8.